The van der Waals surface area contributed by atoms with E-state index >= 15 is 0 Å². The first-order chi connectivity index (χ1) is 8.49. The number of aromatic nitrogens is 1. The number of nitrogens with zero attached hydrogens (tertiary/aromatic N) is 2. The number of carboxylic acids is 1. The summed E-state index contributed by atoms with van der Waals surface area (Å²) in [5.74, 6) is -1.06. The van der Waals surface area contributed by atoms with Crippen LogP contribution in [0, 0.1) is 0 Å². The average Bonchev–Trinajstić information content (AvgIpc) is 2.80. The Bertz CT molecular complexity index is 437. The van der Waals surface area contributed by atoms with E-state index in [9.17, 15) is 4.79 Å². The van der Waals surface area contributed by atoms with Gasteiger partial charge in [-0.1, -0.05) is 0 Å². The van der Waals surface area contributed by atoms with Gasteiger partial charge in [0, 0.05) is 11.9 Å². The summed E-state index contributed by atoms with van der Waals surface area (Å²) in [4.78, 5) is 17.3. The van der Waals surface area contributed by atoms with Gasteiger partial charge in [-0.2, -0.15) is 0 Å². The molecule has 1 aliphatic heterocycles. The summed E-state index contributed by atoms with van der Waals surface area (Å²) in [5.41, 5.74) is 5.95. The molecule has 0 radical (unpaired) electrons. The SMILES string of the molecule is CC1CN(c2nc(C(N)C(=O)O)cs2)C(C)CO1. The number of anilines is 1. The van der Waals surface area contributed by atoms with Crippen LogP contribution in [-0.2, 0) is 9.53 Å². The Labute approximate surface area is 109 Å². The Morgan fingerprint density at radius 3 is 3.11 bits per heavy atom. The van der Waals surface area contributed by atoms with Crippen molar-refractivity contribution in [2.75, 3.05) is 18.1 Å². The van der Waals surface area contributed by atoms with Gasteiger partial charge in [-0.05, 0) is 13.8 Å². The van der Waals surface area contributed by atoms with Crippen LogP contribution < -0.4 is 10.6 Å². The predicted octanol–water partition coefficient (Wildman–Crippen LogP) is 0.841. The molecule has 0 saturated carbocycles. The molecule has 3 atom stereocenters. The second-order valence-electron chi connectivity index (χ2n) is 4.52. The maximum atomic E-state index is 10.8. The number of carboxylic acid groups (broad SMARTS) is 1. The highest BCUT2D eigenvalue weighted by Gasteiger charge is 2.27. The molecule has 1 saturated heterocycles. The molecule has 1 aromatic heterocycles. The summed E-state index contributed by atoms with van der Waals surface area (Å²) in [6.45, 7) is 5.48. The van der Waals surface area contributed by atoms with Crippen molar-refractivity contribution >= 4 is 22.4 Å². The molecule has 7 heteroatoms. The molecular formula is C11H17N3O3S. The van der Waals surface area contributed by atoms with Gasteiger partial charge in [0.25, 0.3) is 0 Å². The summed E-state index contributed by atoms with van der Waals surface area (Å²) < 4.78 is 5.55. The largest absolute Gasteiger partial charge is 0.480 e. The maximum Gasteiger partial charge on any atom is 0.326 e. The molecule has 1 aliphatic rings. The molecule has 18 heavy (non-hydrogen) atoms. The number of rotatable bonds is 3. The Kier molecular flexibility index (Phi) is 3.84. The van der Waals surface area contributed by atoms with Crippen molar-refractivity contribution in [3.8, 4) is 0 Å². The smallest absolute Gasteiger partial charge is 0.326 e. The highest BCUT2D eigenvalue weighted by atomic mass is 32.1. The van der Waals surface area contributed by atoms with E-state index in [1.807, 2.05) is 6.92 Å². The van der Waals surface area contributed by atoms with Crippen LogP contribution in [0.1, 0.15) is 25.6 Å². The van der Waals surface area contributed by atoms with Crippen molar-refractivity contribution in [1.29, 1.82) is 0 Å². The molecule has 3 N–H and O–H groups in total. The summed E-state index contributed by atoms with van der Waals surface area (Å²) in [5, 5.41) is 11.4. The number of ether oxygens (including phenoxy) is 1. The Morgan fingerprint density at radius 1 is 1.72 bits per heavy atom. The number of aliphatic carboxylic acids is 1. The molecule has 3 unspecified atom stereocenters. The van der Waals surface area contributed by atoms with Crippen LogP contribution in [-0.4, -0.2) is 41.4 Å². The third-order valence-electron chi connectivity index (χ3n) is 2.95. The maximum absolute atomic E-state index is 10.8. The van der Waals surface area contributed by atoms with Gasteiger partial charge in [-0.3, -0.25) is 4.79 Å². The second-order valence-corrected chi connectivity index (χ2v) is 5.35. The number of hydrogen-bond acceptors (Lipinski definition) is 6. The fraction of sp³-hybridized carbons (Fsp3) is 0.636. The van der Waals surface area contributed by atoms with Crippen LogP contribution in [0.5, 0.6) is 0 Å². The molecule has 0 aliphatic carbocycles. The van der Waals surface area contributed by atoms with Crippen molar-refractivity contribution in [2.45, 2.75) is 32.0 Å². The molecule has 0 spiro atoms. The quantitative estimate of drug-likeness (QED) is 0.847. The zero-order chi connectivity index (χ0) is 13.3. The van der Waals surface area contributed by atoms with E-state index in [-0.39, 0.29) is 12.1 Å². The molecule has 100 valence electrons. The first-order valence-corrected chi connectivity index (χ1v) is 6.69. The van der Waals surface area contributed by atoms with Gasteiger partial charge in [-0.15, -0.1) is 11.3 Å². The highest BCUT2D eigenvalue weighted by molar-refractivity contribution is 7.13. The fourth-order valence-electron chi connectivity index (χ4n) is 1.85. The molecule has 1 fully saturated rings. The molecule has 2 heterocycles. The van der Waals surface area contributed by atoms with Gasteiger partial charge in [-0.25, -0.2) is 4.98 Å². The Balaban J connectivity index is 2.16. The van der Waals surface area contributed by atoms with E-state index in [0.717, 1.165) is 11.7 Å². The summed E-state index contributed by atoms with van der Waals surface area (Å²) >= 11 is 1.42. The van der Waals surface area contributed by atoms with Crippen molar-refractivity contribution in [3.63, 3.8) is 0 Å². The molecule has 0 amide bonds. The first-order valence-electron chi connectivity index (χ1n) is 5.81. The second kappa shape index (κ2) is 5.21. The average molecular weight is 271 g/mol. The molecule has 0 bridgehead atoms. The van der Waals surface area contributed by atoms with Gasteiger partial charge in [0.2, 0.25) is 0 Å². The topological polar surface area (TPSA) is 88.7 Å². The Morgan fingerprint density at radius 2 is 2.44 bits per heavy atom. The third kappa shape index (κ3) is 2.63. The van der Waals surface area contributed by atoms with E-state index < -0.39 is 12.0 Å². The zero-order valence-corrected chi connectivity index (χ0v) is 11.2. The number of carbonyl (C=O) groups is 1. The normalized spacial score (nSPS) is 26.1. The van der Waals surface area contributed by atoms with E-state index in [4.69, 9.17) is 15.6 Å². The van der Waals surface area contributed by atoms with Gasteiger partial charge in [0.1, 0.15) is 6.04 Å². The minimum absolute atomic E-state index is 0.154. The first kappa shape index (κ1) is 13.3. The summed E-state index contributed by atoms with van der Waals surface area (Å²) in [6, 6.07) is -0.815. The lowest BCUT2D eigenvalue weighted by Gasteiger charge is -2.36. The Hall–Kier alpha value is -1.18. The lowest BCUT2D eigenvalue weighted by Crippen LogP contribution is -2.47. The lowest BCUT2D eigenvalue weighted by atomic mass is 10.2. The standard InChI is InChI=1S/C11H17N3O3S/c1-6-4-17-7(2)3-14(6)11-13-8(5-18-11)9(12)10(15)16/h5-7,9H,3-4,12H2,1-2H3,(H,15,16). The molecule has 6 nitrogen and oxygen atoms in total. The van der Waals surface area contributed by atoms with Crippen molar-refractivity contribution in [2.24, 2.45) is 5.73 Å². The molecular weight excluding hydrogens is 254 g/mol. The molecule has 1 aromatic rings. The summed E-state index contributed by atoms with van der Waals surface area (Å²) in [6.07, 6.45) is 0.154. The van der Waals surface area contributed by atoms with Crippen molar-refractivity contribution in [1.82, 2.24) is 4.98 Å². The monoisotopic (exact) mass is 271 g/mol. The number of thiazole rings is 1. The minimum Gasteiger partial charge on any atom is -0.480 e. The summed E-state index contributed by atoms with van der Waals surface area (Å²) in [7, 11) is 0. The van der Waals surface area contributed by atoms with Crippen LogP contribution in [0.15, 0.2) is 5.38 Å². The van der Waals surface area contributed by atoms with E-state index in [1.54, 1.807) is 5.38 Å². The van der Waals surface area contributed by atoms with Crippen LogP contribution >= 0.6 is 11.3 Å². The van der Waals surface area contributed by atoms with E-state index in [2.05, 4.69) is 16.8 Å². The third-order valence-corrected chi connectivity index (χ3v) is 3.84. The van der Waals surface area contributed by atoms with E-state index in [0.29, 0.717) is 12.3 Å². The van der Waals surface area contributed by atoms with Crippen LogP contribution in [0.25, 0.3) is 0 Å². The van der Waals surface area contributed by atoms with Gasteiger partial charge < -0.3 is 20.5 Å². The molecule has 0 aromatic carbocycles. The predicted molar refractivity (Wildman–Crippen MR) is 68.9 cm³/mol. The van der Waals surface area contributed by atoms with Crippen molar-refractivity contribution < 1.29 is 14.6 Å². The van der Waals surface area contributed by atoms with Crippen LogP contribution in [0.4, 0.5) is 5.13 Å². The number of morpholine rings is 1. The zero-order valence-electron chi connectivity index (χ0n) is 10.4. The molecule has 2 rings (SSSR count). The van der Waals surface area contributed by atoms with Crippen LogP contribution in [0.3, 0.4) is 0 Å². The minimum atomic E-state index is -1.06. The van der Waals surface area contributed by atoms with Gasteiger partial charge in [0.05, 0.1) is 24.4 Å². The number of hydrogen-bond donors (Lipinski definition) is 2. The van der Waals surface area contributed by atoms with Crippen LogP contribution in [0.2, 0.25) is 0 Å². The van der Waals surface area contributed by atoms with Gasteiger partial charge >= 0.3 is 5.97 Å². The fourth-order valence-corrected chi connectivity index (χ4v) is 2.82. The number of nitrogens with two attached hydrogens (primary N) is 1. The van der Waals surface area contributed by atoms with Gasteiger partial charge in [0.15, 0.2) is 5.13 Å². The highest BCUT2D eigenvalue weighted by Crippen LogP contribution is 2.27. The van der Waals surface area contributed by atoms with Crippen molar-refractivity contribution in [3.05, 3.63) is 11.1 Å². The van der Waals surface area contributed by atoms with E-state index in [1.165, 1.54) is 11.3 Å². The lowest BCUT2D eigenvalue weighted by molar-refractivity contribution is -0.138.